The molecule has 0 radical (unpaired) electrons. The third-order valence-corrected chi connectivity index (χ3v) is 2.22. The predicted octanol–water partition coefficient (Wildman–Crippen LogP) is 3.14. The highest BCUT2D eigenvalue weighted by molar-refractivity contribution is 6.30. The molecular formula is C9H5ClF3N3. The van der Waals surface area contributed by atoms with Gasteiger partial charge >= 0.3 is 6.18 Å². The van der Waals surface area contributed by atoms with Crippen LogP contribution in [0.1, 0.15) is 5.56 Å². The van der Waals surface area contributed by atoms with Crippen molar-refractivity contribution in [1.29, 1.82) is 0 Å². The fourth-order valence-corrected chi connectivity index (χ4v) is 1.41. The Balaban J connectivity index is 2.52. The monoisotopic (exact) mass is 247 g/mol. The van der Waals surface area contributed by atoms with Crippen LogP contribution in [0.2, 0.25) is 5.15 Å². The van der Waals surface area contributed by atoms with Crippen LogP contribution in [0.4, 0.5) is 13.2 Å². The van der Waals surface area contributed by atoms with E-state index in [0.29, 0.717) is 5.82 Å². The molecule has 2 aromatic rings. The molecule has 0 amide bonds. The second-order valence-corrected chi connectivity index (χ2v) is 3.36. The zero-order chi connectivity index (χ0) is 11.8. The zero-order valence-electron chi connectivity index (χ0n) is 7.72. The van der Waals surface area contributed by atoms with Crippen LogP contribution in [0.3, 0.4) is 0 Å². The number of hydrogen-bond donors (Lipinski definition) is 1. The molecule has 0 saturated heterocycles. The lowest BCUT2D eigenvalue weighted by molar-refractivity contribution is -0.137. The summed E-state index contributed by atoms with van der Waals surface area (Å²) in [4.78, 5) is 10.0. The van der Waals surface area contributed by atoms with Gasteiger partial charge in [0.25, 0.3) is 0 Å². The summed E-state index contributed by atoms with van der Waals surface area (Å²) in [6, 6.07) is 0.911. The van der Waals surface area contributed by atoms with Gasteiger partial charge < -0.3 is 4.98 Å². The second kappa shape index (κ2) is 3.79. The van der Waals surface area contributed by atoms with Gasteiger partial charge in [-0.1, -0.05) is 11.6 Å². The minimum atomic E-state index is -4.52. The van der Waals surface area contributed by atoms with E-state index in [2.05, 4.69) is 15.0 Å². The highest BCUT2D eigenvalue weighted by Crippen LogP contribution is 2.35. The van der Waals surface area contributed by atoms with Crippen molar-refractivity contribution in [2.24, 2.45) is 0 Å². The first-order valence-corrected chi connectivity index (χ1v) is 4.59. The molecule has 0 bridgehead atoms. The van der Waals surface area contributed by atoms with Crippen molar-refractivity contribution in [3.05, 3.63) is 35.4 Å². The first kappa shape index (κ1) is 10.9. The topological polar surface area (TPSA) is 41.6 Å². The number of pyridine rings is 1. The average molecular weight is 248 g/mol. The van der Waals surface area contributed by atoms with E-state index in [1.807, 2.05) is 0 Å². The minimum Gasteiger partial charge on any atom is -0.345 e. The number of aromatic nitrogens is 3. The van der Waals surface area contributed by atoms with Crippen LogP contribution in [0, 0.1) is 0 Å². The predicted molar refractivity (Wildman–Crippen MR) is 51.8 cm³/mol. The average Bonchev–Trinajstić information content (AvgIpc) is 2.69. The van der Waals surface area contributed by atoms with E-state index in [1.54, 1.807) is 0 Å². The van der Waals surface area contributed by atoms with Gasteiger partial charge in [0.05, 0.1) is 5.56 Å². The van der Waals surface area contributed by atoms with Crippen LogP contribution in [0.25, 0.3) is 11.4 Å². The molecule has 2 aromatic heterocycles. The maximum absolute atomic E-state index is 12.5. The van der Waals surface area contributed by atoms with Gasteiger partial charge in [-0.05, 0) is 6.07 Å². The summed E-state index contributed by atoms with van der Waals surface area (Å²) in [6.07, 6.45) is -0.336. The number of hydrogen-bond acceptors (Lipinski definition) is 2. The maximum atomic E-state index is 12.5. The summed E-state index contributed by atoms with van der Waals surface area (Å²) in [7, 11) is 0. The molecule has 0 spiro atoms. The number of rotatable bonds is 1. The Morgan fingerprint density at radius 2 is 2.00 bits per heavy atom. The first-order chi connectivity index (χ1) is 7.48. The number of nitrogens with one attached hydrogen (secondary N) is 1. The van der Waals surface area contributed by atoms with Crippen LogP contribution in [0.5, 0.6) is 0 Å². The van der Waals surface area contributed by atoms with Gasteiger partial charge in [-0.3, -0.25) is 0 Å². The van der Waals surface area contributed by atoms with Crippen LogP contribution in [-0.4, -0.2) is 15.0 Å². The molecule has 1 N–H and O–H groups in total. The molecule has 7 heteroatoms. The lowest BCUT2D eigenvalue weighted by atomic mass is 10.2. The molecule has 0 atom stereocenters. The number of alkyl halides is 3. The van der Waals surface area contributed by atoms with E-state index in [4.69, 9.17) is 11.6 Å². The molecule has 16 heavy (non-hydrogen) atoms. The van der Waals surface area contributed by atoms with Crippen LogP contribution >= 0.6 is 11.6 Å². The van der Waals surface area contributed by atoms with E-state index in [1.165, 1.54) is 18.6 Å². The SMILES string of the molecule is FC(F)(F)c1cc(-c2ncc[nH]2)cnc1Cl. The van der Waals surface area contributed by atoms with E-state index in [0.717, 1.165) is 6.07 Å². The summed E-state index contributed by atoms with van der Waals surface area (Å²) in [5, 5.41) is -0.567. The summed E-state index contributed by atoms with van der Waals surface area (Å²) in [5.41, 5.74) is -0.732. The number of halogens is 4. The fraction of sp³-hybridized carbons (Fsp3) is 0.111. The molecule has 0 saturated carbocycles. The zero-order valence-corrected chi connectivity index (χ0v) is 8.47. The third kappa shape index (κ3) is 2.01. The number of H-pyrrole nitrogens is 1. The molecule has 0 aliphatic rings. The van der Waals surface area contributed by atoms with Crippen molar-refractivity contribution in [3.8, 4) is 11.4 Å². The first-order valence-electron chi connectivity index (χ1n) is 4.21. The Hall–Kier alpha value is -1.56. The molecule has 0 aliphatic heterocycles. The van der Waals surface area contributed by atoms with Gasteiger partial charge in [-0.2, -0.15) is 13.2 Å². The third-order valence-electron chi connectivity index (χ3n) is 1.92. The lowest BCUT2D eigenvalue weighted by Gasteiger charge is -2.08. The fourth-order valence-electron chi connectivity index (χ4n) is 1.20. The van der Waals surface area contributed by atoms with Gasteiger partial charge in [0, 0.05) is 24.2 Å². The summed E-state index contributed by atoms with van der Waals surface area (Å²) >= 11 is 5.38. The van der Waals surface area contributed by atoms with Gasteiger partial charge in [0.1, 0.15) is 11.0 Å². The van der Waals surface area contributed by atoms with Crippen molar-refractivity contribution in [3.63, 3.8) is 0 Å². The van der Waals surface area contributed by atoms with Gasteiger partial charge in [-0.25, -0.2) is 9.97 Å². The van der Waals surface area contributed by atoms with Crippen LogP contribution < -0.4 is 0 Å². The lowest BCUT2D eigenvalue weighted by Crippen LogP contribution is -2.07. The molecule has 0 aliphatic carbocycles. The van der Waals surface area contributed by atoms with E-state index in [9.17, 15) is 13.2 Å². The van der Waals surface area contributed by atoms with E-state index in [-0.39, 0.29) is 5.56 Å². The largest absolute Gasteiger partial charge is 0.419 e. The van der Waals surface area contributed by atoms with Gasteiger partial charge in [0.2, 0.25) is 0 Å². The minimum absolute atomic E-state index is 0.238. The maximum Gasteiger partial charge on any atom is 0.419 e. The summed E-state index contributed by atoms with van der Waals surface area (Å²) in [6.45, 7) is 0. The molecule has 2 rings (SSSR count). The van der Waals surface area contributed by atoms with Crippen molar-refractivity contribution in [2.45, 2.75) is 6.18 Å². The summed E-state index contributed by atoms with van der Waals surface area (Å²) < 4.78 is 37.5. The molecular weight excluding hydrogens is 243 g/mol. The molecule has 2 heterocycles. The molecule has 3 nitrogen and oxygen atoms in total. The second-order valence-electron chi connectivity index (χ2n) is 3.00. The van der Waals surface area contributed by atoms with Crippen LogP contribution in [0.15, 0.2) is 24.7 Å². The molecule has 0 aromatic carbocycles. The Labute approximate surface area is 93.3 Å². The molecule has 84 valence electrons. The van der Waals surface area contributed by atoms with Gasteiger partial charge in [-0.15, -0.1) is 0 Å². The van der Waals surface area contributed by atoms with Crippen molar-refractivity contribution < 1.29 is 13.2 Å². The van der Waals surface area contributed by atoms with E-state index < -0.39 is 16.9 Å². The highest BCUT2D eigenvalue weighted by atomic mass is 35.5. The van der Waals surface area contributed by atoms with Crippen molar-refractivity contribution in [2.75, 3.05) is 0 Å². The number of nitrogens with zero attached hydrogens (tertiary/aromatic N) is 2. The van der Waals surface area contributed by atoms with Crippen molar-refractivity contribution in [1.82, 2.24) is 15.0 Å². The van der Waals surface area contributed by atoms with Crippen LogP contribution in [-0.2, 0) is 6.18 Å². The number of imidazole rings is 1. The smallest absolute Gasteiger partial charge is 0.345 e. The van der Waals surface area contributed by atoms with Crippen molar-refractivity contribution >= 4 is 11.6 Å². The van der Waals surface area contributed by atoms with E-state index >= 15 is 0 Å². The Morgan fingerprint density at radius 3 is 2.56 bits per heavy atom. The Kier molecular flexibility index (Phi) is 2.59. The molecule has 0 fully saturated rings. The molecule has 0 unspecified atom stereocenters. The highest BCUT2D eigenvalue weighted by Gasteiger charge is 2.34. The Morgan fingerprint density at radius 1 is 1.25 bits per heavy atom. The number of aromatic amines is 1. The standard InChI is InChI=1S/C9H5ClF3N3/c10-7-6(9(11,12)13)3-5(4-16-7)8-14-1-2-15-8/h1-4H,(H,14,15). The normalized spacial score (nSPS) is 11.8. The Bertz CT molecular complexity index is 493. The quantitative estimate of drug-likeness (QED) is 0.787. The van der Waals surface area contributed by atoms with Gasteiger partial charge in [0.15, 0.2) is 0 Å². The summed E-state index contributed by atoms with van der Waals surface area (Å²) in [5.74, 6) is 0.315.